The molecule has 0 saturated heterocycles. The van der Waals surface area contributed by atoms with Crippen LogP contribution in [0.3, 0.4) is 0 Å². The van der Waals surface area contributed by atoms with Crippen LogP contribution < -0.4 is 10.6 Å². The van der Waals surface area contributed by atoms with Gasteiger partial charge in [-0.2, -0.15) is 5.10 Å². The summed E-state index contributed by atoms with van der Waals surface area (Å²) in [5.74, 6) is 0.324. The number of benzene rings is 1. The molecule has 2 amide bonds. The van der Waals surface area contributed by atoms with Gasteiger partial charge in [0.15, 0.2) is 0 Å². The van der Waals surface area contributed by atoms with E-state index in [1.807, 2.05) is 48.0 Å². The van der Waals surface area contributed by atoms with E-state index < -0.39 is 0 Å². The first-order valence-corrected chi connectivity index (χ1v) is 9.18. The van der Waals surface area contributed by atoms with Crippen molar-refractivity contribution < 1.29 is 4.79 Å². The normalized spacial score (nSPS) is 12.1. The van der Waals surface area contributed by atoms with Crippen LogP contribution in [0.1, 0.15) is 30.3 Å². The van der Waals surface area contributed by atoms with Crippen LogP contribution in [-0.4, -0.2) is 15.8 Å². The molecule has 1 unspecified atom stereocenters. The van der Waals surface area contributed by atoms with Crippen molar-refractivity contribution in [2.45, 2.75) is 26.4 Å². The number of rotatable bonds is 6. The zero-order valence-corrected chi connectivity index (χ0v) is 15.2. The summed E-state index contributed by atoms with van der Waals surface area (Å²) in [6.07, 6.45) is 3.70. The van der Waals surface area contributed by atoms with Crippen molar-refractivity contribution in [1.82, 2.24) is 20.4 Å². The fraction of sp³-hybridized carbons (Fsp3) is 0.263. The SMILES string of the molecule is CC(C)C(NC(=O)NCc1cnn(-c2ccccc2)c1)c1cccs1. The van der Waals surface area contributed by atoms with E-state index in [1.165, 1.54) is 4.88 Å². The average molecular weight is 354 g/mol. The van der Waals surface area contributed by atoms with Gasteiger partial charge in [0.05, 0.1) is 17.9 Å². The Bertz CT molecular complexity index is 796. The minimum Gasteiger partial charge on any atom is -0.334 e. The Kier molecular flexibility index (Phi) is 5.50. The number of amides is 2. The molecule has 0 bridgehead atoms. The topological polar surface area (TPSA) is 59.0 Å². The van der Waals surface area contributed by atoms with Crippen molar-refractivity contribution in [3.05, 3.63) is 70.7 Å². The highest BCUT2D eigenvalue weighted by atomic mass is 32.1. The Morgan fingerprint density at radius 1 is 1.20 bits per heavy atom. The molecule has 3 rings (SSSR count). The number of nitrogens with one attached hydrogen (secondary N) is 2. The van der Waals surface area contributed by atoms with Crippen LogP contribution in [0, 0.1) is 5.92 Å². The summed E-state index contributed by atoms with van der Waals surface area (Å²) in [5.41, 5.74) is 1.95. The molecule has 3 aromatic rings. The second kappa shape index (κ2) is 7.98. The lowest BCUT2D eigenvalue weighted by molar-refractivity contribution is 0.233. The minimum atomic E-state index is -0.167. The molecular formula is C19H22N4OS. The van der Waals surface area contributed by atoms with Crippen LogP contribution in [0.15, 0.2) is 60.2 Å². The highest BCUT2D eigenvalue weighted by Gasteiger charge is 2.19. The summed E-state index contributed by atoms with van der Waals surface area (Å²) >= 11 is 1.66. The Labute approximate surface area is 151 Å². The van der Waals surface area contributed by atoms with E-state index >= 15 is 0 Å². The van der Waals surface area contributed by atoms with E-state index in [9.17, 15) is 4.79 Å². The van der Waals surface area contributed by atoms with Gasteiger partial charge in [-0.05, 0) is 29.5 Å². The number of hydrogen-bond acceptors (Lipinski definition) is 3. The third kappa shape index (κ3) is 4.48. The monoisotopic (exact) mass is 354 g/mol. The molecule has 0 spiro atoms. The molecule has 1 atom stereocenters. The van der Waals surface area contributed by atoms with Gasteiger partial charge in [-0.3, -0.25) is 0 Å². The van der Waals surface area contributed by atoms with Gasteiger partial charge in [0.2, 0.25) is 0 Å². The predicted octanol–water partition coefficient (Wildman–Crippen LogP) is 4.13. The lowest BCUT2D eigenvalue weighted by Crippen LogP contribution is -2.39. The first kappa shape index (κ1) is 17.2. The van der Waals surface area contributed by atoms with Gasteiger partial charge in [-0.15, -0.1) is 11.3 Å². The fourth-order valence-corrected chi connectivity index (χ4v) is 3.53. The lowest BCUT2D eigenvalue weighted by Gasteiger charge is -2.21. The number of aromatic nitrogens is 2. The second-order valence-electron chi connectivity index (χ2n) is 6.19. The molecule has 130 valence electrons. The van der Waals surface area contributed by atoms with Crippen molar-refractivity contribution in [3.8, 4) is 5.69 Å². The van der Waals surface area contributed by atoms with Gasteiger partial charge in [0.25, 0.3) is 0 Å². The minimum absolute atomic E-state index is 0.0204. The van der Waals surface area contributed by atoms with Crippen LogP contribution in [0.4, 0.5) is 4.79 Å². The van der Waals surface area contributed by atoms with Crippen molar-refractivity contribution in [2.75, 3.05) is 0 Å². The maximum Gasteiger partial charge on any atom is 0.315 e. The number of urea groups is 1. The van der Waals surface area contributed by atoms with Gasteiger partial charge in [0, 0.05) is 23.2 Å². The molecular weight excluding hydrogens is 332 g/mol. The zero-order valence-electron chi connectivity index (χ0n) is 14.3. The molecule has 6 heteroatoms. The maximum absolute atomic E-state index is 12.3. The van der Waals surface area contributed by atoms with Crippen LogP contribution in [0.2, 0.25) is 0 Å². The molecule has 0 aliphatic rings. The Morgan fingerprint density at radius 3 is 2.68 bits per heavy atom. The quantitative estimate of drug-likeness (QED) is 0.699. The van der Waals surface area contributed by atoms with E-state index in [2.05, 4.69) is 35.6 Å². The number of hydrogen-bond donors (Lipinski definition) is 2. The van der Waals surface area contributed by atoms with E-state index in [-0.39, 0.29) is 12.1 Å². The first-order chi connectivity index (χ1) is 12.1. The summed E-state index contributed by atoms with van der Waals surface area (Å²) in [7, 11) is 0. The van der Waals surface area contributed by atoms with Gasteiger partial charge >= 0.3 is 6.03 Å². The summed E-state index contributed by atoms with van der Waals surface area (Å²) < 4.78 is 1.80. The van der Waals surface area contributed by atoms with Crippen LogP contribution in [0.5, 0.6) is 0 Å². The summed E-state index contributed by atoms with van der Waals surface area (Å²) in [4.78, 5) is 13.4. The Balaban J connectivity index is 1.56. The Hall–Kier alpha value is -2.60. The fourth-order valence-electron chi connectivity index (χ4n) is 2.58. The first-order valence-electron chi connectivity index (χ1n) is 8.30. The number of thiophene rings is 1. The number of para-hydroxylation sites is 1. The molecule has 2 N–H and O–H groups in total. The smallest absolute Gasteiger partial charge is 0.315 e. The molecule has 2 aromatic heterocycles. The predicted molar refractivity (Wildman–Crippen MR) is 101 cm³/mol. The second-order valence-corrected chi connectivity index (χ2v) is 7.17. The molecule has 0 aliphatic carbocycles. The largest absolute Gasteiger partial charge is 0.334 e. The molecule has 25 heavy (non-hydrogen) atoms. The number of carbonyl (C=O) groups is 1. The van der Waals surface area contributed by atoms with Crippen LogP contribution in [-0.2, 0) is 6.54 Å². The average Bonchev–Trinajstić information content (AvgIpc) is 3.30. The van der Waals surface area contributed by atoms with Crippen molar-refractivity contribution in [1.29, 1.82) is 0 Å². The van der Waals surface area contributed by atoms with Crippen LogP contribution in [0.25, 0.3) is 5.69 Å². The highest BCUT2D eigenvalue weighted by Crippen LogP contribution is 2.25. The summed E-state index contributed by atoms with van der Waals surface area (Å²) in [5, 5.41) is 12.3. The van der Waals surface area contributed by atoms with E-state index in [4.69, 9.17) is 0 Å². The van der Waals surface area contributed by atoms with Gasteiger partial charge < -0.3 is 10.6 Å². The third-order valence-electron chi connectivity index (χ3n) is 3.91. The molecule has 0 aliphatic heterocycles. The standard InChI is InChI=1S/C19H22N4OS/c1-14(2)18(17-9-6-10-25-17)22-19(24)20-11-15-12-21-23(13-15)16-7-4-3-5-8-16/h3-10,12-14,18H,11H2,1-2H3,(H2,20,22,24). The van der Waals surface area contributed by atoms with Crippen molar-refractivity contribution in [3.63, 3.8) is 0 Å². The van der Waals surface area contributed by atoms with Gasteiger partial charge in [-0.1, -0.05) is 38.1 Å². The van der Waals surface area contributed by atoms with Crippen molar-refractivity contribution >= 4 is 17.4 Å². The maximum atomic E-state index is 12.3. The Morgan fingerprint density at radius 2 is 2.00 bits per heavy atom. The third-order valence-corrected chi connectivity index (χ3v) is 4.87. The molecule has 5 nitrogen and oxygen atoms in total. The van der Waals surface area contributed by atoms with Gasteiger partial charge in [-0.25, -0.2) is 9.48 Å². The summed E-state index contributed by atoms with van der Waals surface area (Å²) in [6, 6.07) is 13.8. The zero-order chi connectivity index (χ0) is 17.6. The van der Waals surface area contributed by atoms with Gasteiger partial charge in [0.1, 0.15) is 0 Å². The molecule has 2 heterocycles. The van der Waals surface area contributed by atoms with Crippen LogP contribution >= 0.6 is 11.3 Å². The number of carbonyl (C=O) groups excluding carboxylic acids is 1. The molecule has 0 saturated carbocycles. The highest BCUT2D eigenvalue weighted by molar-refractivity contribution is 7.10. The van der Waals surface area contributed by atoms with E-state index in [0.29, 0.717) is 12.5 Å². The molecule has 1 aromatic carbocycles. The van der Waals surface area contributed by atoms with Crippen molar-refractivity contribution in [2.24, 2.45) is 5.92 Å². The lowest BCUT2D eigenvalue weighted by atomic mass is 10.0. The van der Waals surface area contributed by atoms with E-state index in [0.717, 1.165) is 11.3 Å². The summed E-state index contributed by atoms with van der Waals surface area (Å²) in [6.45, 7) is 4.65. The molecule has 0 fully saturated rings. The molecule has 0 radical (unpaired) electrons. The number of nitrogens with zero attached hydrogens (tertiary/aromatic N) is 2. The van der Waals surface area contributed by atoms with E-state index in [1.54, 1.807) is 22.2 Å².